The summed E-state index contributed by atoms with van der Waals surface area (Å²) in [5.41, 5.74) is 11.1. The number of aryl methyl sites for hydroxylation is 1. The standard InChI is InChI=1S/C29H31ClN6O2/c1-3-38-26-10-8-22(17-24(26)30)21-7-9-25-23(16-21)27(34-28(31)33-25)35-11-13-36(14-12-35)29(37)32-18-20-6-4-5-19(2)15-20/h4-10,15-17H,3,11-14,18H2,1-2H3,(H,32,37)(H2,31,33,34). The lowest BCUT2D eigenvalue weighted by Crippen LogP contribution is -2.52. The highest BCUT2D eigenvalue weighted by Gasteiger charge is 2.24. The van der Waals surface area contributed by atoms with Crippen LogP contribution >= 0.6 is 11.6 Å². The molecule has 0 aliphatic carbocycles. The summed E-state index contributed by atoms with van der Waals surface area (Å²) in [6.07, 6.45) is 0. The van der Waals surface area contributed by atoms with E-state index in [1.54, 1.807) is 0 Å². The SMILES string of the molecule is CCOc1ccc(-c2ccc3nc(N)nc(N4CCN(C(=O)NCc5cccc(C)c5)CC4)c3c2)cc1Cl. The molecule has 38 heavy (non-hydrogen) atoms. The average Bonchev–Trinajstić information content (AvgIpc) is 2.92. The van der Waals surface area contributed by atoms with Crippen molar-refractivity contribution >= 4 is 40.3 Å². The molecule has 1 fully saturated rings. The highest BCUT2D eigenvalue weighted by Crippen LogP contribution is 2.34. The summed E-state index contributed by atoms with van der Waals surface area (Å²) in [6, 6.07) is 19.9. The van der Waals surface area contributed by atoms with Crippen LogP contribution in [0.5, 0.6) is 5.75 Å². The molecule has 0 unspecified atom stereocenters. The lowest BCUT2D eigenvalue weighted by atomic mass is 10.0. The number of rotatable bonds is 6. The number of nitrogens with zero attached hydrogens (tertiary/aromatic N) is 4. The molecule has 5 rings (SSSR count). The summed E-state index contributed by atoms with van der Waals surface area (Å²) in [7, 11) is 0. The van der Waals surface area contributed by atoms with Crippen molar-refractivity contribution in [2.75, 3.05) is 43.4 Å². The van der Waals surface area contributed by atoms with Crippen molar-refractivity contribution in [2.24, 2.45) is 0 Å². The van der Waals surface area contributed by atoms with Gasteiger partial charge in [0.05, 0.1) is 17.1 Å². The second-order valence-corrected chi connectivity index (χ2v) is 9.74. The van der Waals surface area contributed by atoms with Crippen molar-refractivity contribution in [3.05, 3.63) is 76.8 Å². The summed E-state index contributed by atoms with van der Waals surface area (Å²) in [5.74, 6) is 1.66. The van der Waals surface area contributed by atoms with Gasteiger partial charge in [-0.2, -0.15) is 4.98 Å². The molecular weight excluding hydrogens is 500 g/mol. The third-order valence-electron chi connectivity index (χ3n) is 6.65. The van der Waals surface area contributed by atoms with Crippen LogP contribution in [-0.2, 0) is 6.54 Å². The number of anilines is 2. The molecule has 1 aliphatic rings. The Morgan fingerprint density at radius 1 is 1.03 bits per heavy atom. The van der Waals surface area contributed by atoms with Gasteiger partial charge in [0.25, 0.3) is 0 Å². The van der Waals surface area contributed by atoms with Gasteiger partial charge in [-0.05, 0) is 54.8 Å². The Bertz CT molecular complexity index is 1470. The van der Waals surface area contributed by atoms with E-state index in [0.717, 1.165) is 33.4 Å². The van der Waals surface area contributed by atoms with Gasteiger partial charge in [0.1, 0.15) is 11.6 Å². The zero-order valence-corrected chi connectivity index (χ0v) is 22.3. The van der Waals surface area contributed by atoms with E-state index in [1.807, 2.05) is 67.3 Å². The third-order valence-corrected chi connectivity index (χ3v) is 6.95. The minimum atomic E-state index is -0.0621. The Balaban J connectivity index is 1.32. The quantitative estimate of drug-likeness (QED) is 0.352. The molecule has 2 heterocycles. The fraction of sp³-hybridized carbons (Fsp3) is 0.276. The maximum Gasteiger partial charge on any atom is 0.317 e. The third kappa shape index (κ3) is 5.60. The first-order valence-corrected chi connectivity index (χ1v) is 13.1. The van der Waals surface area contributed by atoms with Crippen molar-refractivity contribution in [1.29, 1.82) is 0 Å². The number of amides is 2. The van der Waals surface area contributed by atoms with Crippen molar-refractivity contribution in [3.63, 3.8) is 0 Å². The minimum Gasteiger partial charge on any atom is -0.492 e. The van der Waals surface area contributed by atoms with Gasteiger partial charge in [-0.1, -0.05) is 53.6 Å². The number of nitrogens with one attached hydrogen (secondary N) is 1. The number of nitrogen functional groups attached to an aromatic ring is 1. The van der Waals surface area contributed by atoms with Gasteiger partial charge >= 0.3 is 6.03 Å². The van der Waals surface area contributed by atoms with Crippen LogP contribution < -0.4 is 20.7 Å². The van der Waals surface area contributed by atoms with Gasteiger partial charge < -0.3 is 25.6 Å². The van der Waals surface area contributed by atoms with Gasteiger partial charge in [-0.15, -0.1) is 0 Å². The van der Waals surface area contributed by atoms with Gasteiger partial charge in [0, 0.05) is 38.1 Å². The fourth-order valence-corrected chi connectivity index (χ4v) is 4.97. The highest BCUT2D eigenvalue weighted by molar-refractivity contribution is 6.32. The molecule has 2 amide bonds. The number of aromatic nitrogens is 2. The predicted octanol–water partition coefficient (Wildman–Crippen LogP) is 5.27. The maximum atomic E-state index is 12.8. The molecule has 3 N–H and O–H groups in total. The molecule has 0 spiro atoms. The molecule has 9 heteroatoms. The predicted molar refractivity (Wildman–Crippen MR) is 153 cm³/mol. The Kier molecular flexibility index (Phi) is 7.51. The lowest BCUT2D eigenvalue weighted by Gasteiger charge is -2.35. The highest BCUT2D eigenvalue weighted by atomic mass is 35.5. The largest absolute Gasteiger partial charge is 0.492 e. The second-order valence-electron chi connectivity index (χ2n) is 9.34. The van der Waals surface area contributed by atoms with Crippen LogP contribution in [-0.4, -0.2) is 53.7 Å². The van der Waals surface area contributed by atoms with Crippen molar-refractivity contribution in [3.8, 4) is 16.9 Å². The molecule has 1 aromatic heterocycles. The van der Waals surface area contributed by atoms with E-state index in [4.69, 9.17) is 22.1 Å². The minimum absolute atomic E-state index is 0.0621. The molecule has 1 saturated heterocycles. The first kappa shape index (κ1) is 25.6. The number of carbonyl (C=O) groups excluding carboxylic acids is 1. The van der Waals surface area contributed by atoms with Crippen LogP contribution in [0.2, 0.25) is 5.02 Å². The molecule has 0 radical (unpaired) electrons. The summed E-state index contributed by atoms with van der Waals surface area (Å²) in [6.45, 7) is 7.48. The number of benzene rings is 3. The average molecular weight is 531 g/mol. The van der Waals surface area contributed by atoms with E-state index in [1.165, 1.54) is 5.56 Å². The molecule has 0 saturated carbocycles. The Morgan fingerprint density at radius 2 is 1.79 bits per heavy atom. The van der Waals surface area contributed by atoms with E-state index in [-0.39, 0.29) is 12.0 Å². The van der Waals surface area contributed by atoms with Crippen LogP contribution in [0.25, 0.3) is 22.0 Å². The van der Waals surface area contributed by atoms with Crippen molar-refractivity contribution in [1.82, 2.24) is 20.2 Å². The number of piperazine rings is 1. The number of nitrogens with two attached hydrogens (primary N) is 1. The first-order chi connectivity index (χ1) is 18.4. The smallest absolute Gasteiger partial charge is 0.317 e. The van der Waals surface area contributed by atoms with E-state index in [0.29, 0.717) is 50.1 Å². The topological polar surface area (TPSA) is 96.6 Å². The fourth-order valence-electron chi connectivity index (χ4n) is 4.74. The number of fused-ring (bicyclic) bond motifs is 1. The Hall–Kier alpha value is -4.04. The number of hydrogen-bond donors (Lipinski definition) is 2. The summed E-state index contributed by atoms with van der Waals surface area (Å²) >= 11 is 6.44. The molecular formula is C29H31ClN6O2. The van der Waals surface area contributed by atoms with E-state index in [2.05, 4.69) is 32.3 Å². The second kappa shape index (κ2) is 11.1. The first-order valence-electron chi connectivity index (χ1n) is 12.7. The number of halogens is 1. The van der Waals surface area contributed by atoms with E-state index < -0.39 is 0 Å². The lowest BCUT2D eigenvalue weighted by molar-refractivity contribution is 0.194. The van der Waals surface area contributed by atoms with Crippen molar-refractivity contribution in [2.45, 2.75) is 20.4 Å². The van der Waals surface area contributed by atoms with Gasteiger partial charge in [0.15, 0.2) is 0 Å². The van der Waals surface area contributed by atoms with Gasteiger partial charge in [-0.3, -0.25) is 0 Å². The number of ether oxygens (including phenoxy) is 1. The Morgan fingerprint density at radius 3 is 2.53 bits per heavy atom. The van der Waals surface area contributed by atoms with Crippen LogP contribution in [0, 0.1) is 6.92 Å². The van der Waals surface area contributed by atoms with E-state index in [9.17, 15) is 4.79 Å². The summed E-state index contributed by atoms with van der Waals surface area (Å²) in [5, 5.41) is 4.50. The van der Waals surface area contributed by atoms with Crippen molar-refractivity contribution < 1.29 is 9.53 Å². The normalized spacial score (nSPS) is 13.6. The summed E-state index contributed by atoms with van der Waals surface area (Å²) < 4.78 is 5.57. The zero-order chi connectivity index (χ0) is 26.6. The molecule has 3 aromatic carbocycles. The zero-order valence-electron chi connectivity index (χ0n) is 21.6. The van der Waals surface area contributed by atoms with Crippen LogP contribution in [0.3, 0.4) is 0 Å². The van der Waals surface area contributed by atoms with Crippen LogP contribution in [0.1, 0.15) is 18.1 Å². The van der Waals surface area contributed by atoms with Gasteiger partial charge in [0.2, 0.25) is 5.95 Å². The van der Waals surface area contributed by atoms with Crippen LogP contribution in [0.15, 0.2) is 60.7 Å². The molecule has 8 nitrogen and oxygen atoms in total. The summed E-state index contributed by atoms with van der Waals surface area (Å²) in [4.78, 5) is 25.8. The van der Waals surface area contributed by atoms with E-state index >= 15 is 0 Å². The maximum absolute atomic E-state index is 12.8. The molecule has 196 valence electrons. The van der Waals surface area contributed by atoms with Crippen LogP contribution in [0.4, 0.5) is 16.6 Å². The number of hydrogen-bond acceptors (Lipinski definition) is 6. The number of urea groups is 1. The molecule has 0 atom stereocenters. The monoisotopic (exact) mass is 530 g/mol. The molecule has 4 aromatic rings. The number of carbonyl (C=O) groups is 1. The Labute approximate surface area is 227 Å². The molecule has 1 aliphatic heterocycles. The molecule has 0 bridgehead atoms. The van der Waals surface area contributed by atoms with Gasteiger partial charge in [-0.25, -0.2) is 9.78 Å².